The van der Waals surface area contributed by atoms with Crippen LogP contribution in [0.4, 0.5) is 0 Å². The molecule has 2 fully saturated rings. The Morgan fingerprint density at radius 1 is 1.31 bits per heavy atom. The van der Waals surface area contributed by atoms with Crippen LogP contribution >= 0.6 is 0 Å². The highest BCUT2D eigenvalue weighted by Crippen LogP contribution is 2.62. The van der Waals surface area contributed by atoms with Gasteiger partial charge < -0.3 is 14.9 Å². The van der Waals surface area contributed by atoms with Crippen LogP contribution in [0.25, 0.3) is 0 Å². The van der Waals surface area contributed by atoms with Gasteiger partial charge in [0.25, 0.3) is 0 Å². The molecule has 2 bridgehead atoms. The Morgan fingerprint density at radius 2 is 2.12 bits per heavy atom. The van der Waals surface area contributed by atoms with Gasteiger partial charge in [0.2, 0.25) is 0 Å². The summed E-state index contributed by atoms with van der Waals surface area (Å²) in [5, 5.41) is 22.4. The summed E-state index contributed by atoms with van der Waals surface area (Å²) in [5.74, 6) is 1.68. The van der Waals surface area contributed by atoms with E-state index in [2.05, 4.69) is 17.9 Å². The minimum Gasteiger partial charge on any atom is -0.504 e. The van der Waals surface area contributed by atoms with E-state index in [4.69, 9.17) is 4.74 Å². The van der Waals surface area contributed by atoms with Crippen LogP contribution in [0, 0.1) is 5.92 Å². The van der Waals surface area contributed by atoms with Crippen LogP contribution in [0.1, 0.15) is 63.5 Å². The van der Waals surface area contributed by atoms with Crippen molar-refractivity contribution in [2.24, 2.45) is 5.92 Å². The van der Waals surface area contributed by atoms with Crippen molar-refractivity contribution < 1.29 is 14.9 Å². The van der Waals surface area contributed by atoms with Crippen LogP contribution in [0.5, 0.6) is 11.5 Å². The number of aromatic hydroxyl groups is 1. The average Bonchev–Trinajstić information content (AvgIpc) is 2.88. The fraction of sp³-hybridized carbons (Fsp3) is 0.727. The van der Waals surface area contributed by atoms with Crippen LogP contribution in [0.15, 0.2) is 12.1 Å². The Labute approximate surface area is 156 Å². The first-order chi connectivity index (χ1) is 12.5. The molecule has 26 heavy (non-hydrogen) atoms. The molecule has 0 aromatic heterocycles. The smallest absolute Gasteiger partial charge is 0.165 e. The first-order valence-electron chi connectivity index (χ1n) is 10.5. The zero-order valence-electron chi connectivity index (χ0n) is 16.0. The fourth-order valence-corrected chi connectivity index (χ4v) is 6.37. The van der Waals surface area contributed by atoms with Gasteiger partial charge in [-0.25, -0.2) is 0 Å². The standard InChI is InChI=1S/C22H31NO3/c1-3-5-18-22-10-11-23(13-14-6-4-7-14)17(21(22,2)25)12-15-8-9-16(24)20(26-18)19(15)22/h8-9,14,17-18,24-25H,3-7,10-13H2,1-2H3. The number of benzene rings is 1. The summed E-state index contributed by atoms with van der Waals surface area (Å²) >= 11 is 0. The van der Waals surface area contributed by atoms with Crippen LogP contribution in [-0.4, -0.2) is 45.9 Å². The molecule has 1 saturated heterocycles. The number of likely N-dealkylation sites (tertiary alicyclic amines) is 1. The third-order valence-corrected chi connectivity index (χ3v) is 7.95. The van der Waals surface area contributed by atoms with Gasteiger partial charge in [-0.05, 0) is 63.1 Å². The molecule has 0 radical (unpaired) electrons. The lowest BCUT2D eigenvalue weighted by Gasteiger charge is -2.60. The van der Waals surface area contributed by atoms with Crippen LogP contribution in [0.3, 0.4) is 0 Å². The maximum Gasteiger partial charge on any atom is 0.165 e. The van der Waals surface area contributed by atoms with E-state index in [1.807, 2.05) is 6.92 Å². The average molecular weight is 357 g/mol. The first-order valence-corrected chi connectivity index (χ1v) is 10.5. The second kappa shape index (κ2) is 5.62. The van der Waals surface area contributed by atoms with E-state index in [0.717, 1.165) is 50.3 Å². The van der Waals surface area contributed by atoms with Gasteiger partial charge in [-0.3, -0.25) is 4.90 Å². The van der Waals surface area contributed by atoms with Crippen molar-refractivity contribution in [3.05, 3.63) is 23.3 Å². The zero-order valence-corrected chi connectivity index (χ0v) is 16.0. The Hall–Kier alpha value is -1.26. The molecule has 2 aliphatic carbocycles. The summed E-state index contributed by atoms with van der Waals surface area (Å²) in [7, 11) is 0. The molecule has 4 heteroatoms. The molecule has 4 nitrogen and oxygen atoms in total. The van der Waals surface area contributed by atoms with Gasteiger partial charge in [-0.1, -0.05) is 25.8 Å². The lowest BCUT2D eigenvalue weighted by atomic mass is 9.53. The summed E-state index contributed by atoms with van der Waals surface area (Å²) in [6.45, 7) is 6.36. The Balaban J connectivity index is 1.62. The minimum atomic E-state index is -0.832. The second-order valence-electron chi connectivity index (χ2n) is 9.22. The fourth-order valence-electron chi connectivity index (χ4n) is 6.37. The van der Waals surface area contributed by atoms with Crippen molar-refractivity contribution in [1.29, 1.82) is 0 Å². The third kappa shape index (κ3) is 1.98. The summed E-state index contributed by atoms with van der Waals surface area (Å²) in [6.07, 6.45) is 7.70. The lowest BCUT2D eigenvalue weighted by molar-refractivity contribution is -0.158. The van der Waals surface area contributed by atoms with Crippen LogP contribution in [-0.2, 0) is 11.8 Å². The number of nitrogens with zero attached hydrogens (tertiary/aromatic N) is 1. The predicted molar refractivity (Wildman–Crippen MR) is 101 cm³/mol. The van der Waals surface area contributed by atoms with E-state index in [1.165, 1.54) is 24.8 Å². The maximum absolute atomic E-state index is 11.9. The number of hydrogen-bond donors (Lipinski definition) is 2. The number of piperidine rings is 1. The normalized spacial score (nSPS) is 38.6. The van der Waals surface area contributed by atoms with Crippen molar-refractivity contribution in [3.8, 4) is 11.5 Å². The van der Waals surface area contributed by atoms with Gasteiger partial charge >= 0.3 is 0 Å². The van der Waals surface area contributed by atoms with Crippen molar-refractivity contribution in [3.63, 3.8) is 0 Å². The van der Waals surface area contributed by atoms with E-state index in [0.29, 0.717) is 5.75 Å². The molecule has 1 aromatic rings. The van der Waals surface area contributed by atoms with E-state index in [1.54, 1.807) is 6.07 Å². The lowest BCUT2D eigenvalue weighted by Crippen LogP contribution is -2.73. The number of aliphatic hydroxyl groups is 1. The molecule has 4 atom stereocenters. The molecule has 2 aliphatic heterocycles. The Kier molecular flexibility index (Phi) is 3.65. The largest absolute Gasteiger partial charge is 0.504 e. The molecule has 2 heterocycles. The van der Waals surface area contributed by atoms with Gasteiger partial charge in [-0.15, -0.1) is 0 Å². The minimum absolute atomic E-state index is 0.0433. The van der Waals surface area contributed by atoms with Crippen molar-refractivity contribution in [2.75, 3.05) is 13.1 Å². The van der Waals surface area contributed by atoms with Gasteiger partial charge in [0.1, 0.15) is 6.10 Å². The van der Waals surface area contributed by atoms with E-state index >= 15 is 0 Å². The van der Waals surface area contributed by atoms with E-state index < -0.39 is 5.60 Å². The Bertz CT molecular complexity index is 726. The number of rotatable bonds is 4. The molecule has 2 N–H and O–H groups in total. The van der Waals surface area contributed by atoms with Crippen LogP contribution < -0.4 is 4.74 Å². The van der Waals surface area contributed by atoms with Crippen molar-refractivity contribution >= 4 is 0 Å². The molecule has 142 valence electrons. The quantitative estimate of drug-likeness (QED) is 0.867. The van der Waals surface area contributed by atoms with Gasteiger partial charge in [-0.2, -0.15) is 0 Å². The van der Waals surface area contributed by atoms with Crippen LogP contribution in [0.2, 0.25) is 0 Å². The summed E-state index contributed by atoms with van der Waals surface area (Å²) in [4.78, 5) is 2.56. The zero-order chi connectivity index (χ0) is 18.1. The van der Waals surface area contributed by atoms with E-state index in [-0.39, 0.29) is 23.3 Å². The summed E-state index contributed by atoms with van der Waals surface area (Å²) in [6, 6.07) is 3.99. The molecule has 1 saturated carbocycles. The van der Waals surface area contributed by atoms with E-state index in [9.17, 15) is 10.2 Å². The summed E-state index contributed by atoms with van der Waals surface area (Å²) in [5.41, 5.74) is 1.17. The maximum atomic E-state index is 11.9. The third-order valence-electron chi connectivity index (χ3n) is 7.95. The molecule has 5 rings (SSSR count). The highest BCUT2D eigenvalue weighted by Gasteiger charge is 2.67. The molecule has 1 aromatic carbocycles. The molecular weight excluding hydrogens is 326 g/mol. The second-order valence-corrected chi connectivity index (χ2v) is 9.22. The number of phenols is 1. The van der Waals surface area contributed by atoms with Gasteiger partial charge in [0, 0.05) is 18.2 Å². The number of phenolic OH excluding ortho intramolecular Hbond substituents is 1. The predicted octanol–water partition coefficient (Wildman–Crippen LogP) is 3.37. The number of hydrogen-bond acceptors (Lipinski definition) is 4. The summed E-state index contributed by atoms with van der Waals surface area (Å²) < 4.78 is 6.33. The molecule has 0 amide bonds. The van der Waals surface area contributed by atoms with Crippen molar-refractivity contribution in [2.45, 2.75) is 82.0 Å². The monoisotopic (exact) mass is 357 g/mol. The first kappa shape index (κ1) is 16.9. The molecule has 4 aliphatic rings. The highest BCUT2D eigenvalue weighted by atomic mass is 16.5. The number of fused-ring (bicyclic) bond motifs is 1. The van der Waals surface area contributed by atoms with Crippen molar-refractivity contribution in [1.82, 2.24) is 4.90 Å². The molecule has 4 unspecified atom stereocenters. The molecule has 1 spiro atoms. The molecular formula is C22H31NO3. The van der Waals surface area contributed by atoms with Gasteiger partial charge in [0.15, 0.2) is 11.5 Å². The number of ether oxygens (including phenoxy) is 1. The topological polar surface area (TPSA) is 52.9 Å². The Morgan fingerprint density at radius 3 is 2.81 bits per heavy atom. The SMILES string of the molecule is CCCC1Oc2c(O)ccc3c2C12CCN(CC1CCC1)C(C3)C2(C)O. The highest BCUT2D eigenvalue weighted by molar-refractivity contribution is 5.61. The van der Waals surface area contributed by atoms with Gasteiger partial charge in [0.05, 0.1) is 11.0 Å².